The second kappa shape index (κ2) is 7.57. The lowest BCUT2D eigenvalue weighted by molar-refractivity contribution is -0.120. The molecule has 0 heterocycles. The van der Waals surface area contributed by atoms with Crippen LogP contribution in [0.2, 0.25) is 5.02 Å². The lowest BCUT2D eigenvalue weighted by Gasteiger charge is -2.08. The van der Waals surface area contributed by atoms with Gasteiger partial charge in [-0.2, -0.15) is 0 Å². The zero-order valence-corrected chi connectivity index (χ0v) is 11.4. The van der Waals surface area contributed by atoms with Crippen LogP contribution < -0.4 is 5.32 Å². The molecule has 0 aromatic heterocycles. The van der Waals surface area contributed by atoms with Crippen molar-refractivity contribution in [1.82, 2.24) is 5.32 Å². The summed E-state index contributed by atoms with van der Waals surface area (Å²) < 4.78 is 0. The van der Waals surface area contributed by atoms with Crippen molar-refractivity contribution in [2.75, 3.05) is 6.54 Å². The third-order valence-corrected chi connectivity index (χ3v) is 3.28. The number of carbonyl (C=O) groups excluding carboxylic acids is 1. The van der Waals surface area contributed by atoms with Crippen LogP contribution in [0.4, 0.5) is 0 Å². The topological polar surface area (TPSA) is 29.1 Å². The van der Waals surface area contributed by atoms with Crippen molar-refractivity contribution < 1.29 is 4.79 Å². The highest BCUT2D eigenvalue weighted by Crippen LogP contribution is 2.10. The first-order valence-corrected chi connectivity index (χ1v) is 6.58. The molecule has 1 atom stereocenters. The Balaban J connectivity index is 2.27. The van der Waals surface area contributed by atoms with Crippen LogP contribution in [0.25, 0.3) is 0 Å². The minimum Gasteiger partial charge on any atom is -0.356 e. The van der Waals surface area contributed by atoms with Gasteiger partial charge >= 0.3 is 0 Å². The SMILES string of the molecule is CCC(Cl)CCNC(=O)Cc1ccc(Cl)cc1. The van der Waals surface area contributed by atoms with E-state index >= 15 is 0 Å². The molecule has 1 aromatic rings. The van der Waals surface area contributed by atoms with Crippen molar-refractivity contribution in [3.8, 4) is 0 Å². The van der Waals surface area contributed by atoms with Crippen molar-refractivity contribution in [2.24, 2.45) is 0 Å². The first kappa shape index (κ1) is 14.3. The molecule has 0 saturated heterocycles. The number of carbonyl (C=O) groups is 1. The molecule has 1 unspecified atom stereocenters. The number of halogens is 2. The Bertz CT molecular complexity index is 351. The van der Waals surface area contributed by atoms with Gasteiger partial charge in [-0.25, -0.2) is 0 Å². The maximum Gasteiger partial charge on any atom is 0.224 e. The third kappa shape index (κ3) is 5.94. The van der Waals surface area contributed by atoms with Gasteiger partial charge in [-0.1, -0.05) is 30.7 Å². The van der Waals surface area contributed by atoms with Gasteiger partial charge in [0.1, 0.15) is 0 Å². The molecule has 94 valence electrons. The van der Waals surface area contributed by atoms with E-state index in [1.54, 1.807) is 12.1 Å². The number of nitrogens with one attached hydrogen (secondary N) is 1. The average molecular weight is 274 g/mol. The lowest BCUT2D eigenvalue weighted by atomic mass is 10.1. The molecule has 1 aromatic carbocycles. The molecule has 0 bridgehead atoms. The lowest BCUT2D eigenvalue weighted by Crippen LogP contribution is -2.27. The van der Waals surface area contributed by atoms with Crippen molar-refractivity contribution >= 4 is 29.1 Å². The Morgan fingerprint density at radius 1 is 1.35 bits per heavy atom. The molecule has 0 aliphatic rings. The molecule has 1 N–H and O–H groups in total. The first-order valence-electron chi connectivity index (χ1n) is 5.77. The van der Waals surface area contributed by atoms with Crippen LogP contribution in [-0.2, 0) is 11.2 Å². The Morgan fingerprint density at radius 2 is 2.00 bits per heavy atom. The van der Waals surface area contributed by atoms with Crippen LogP contribution in [0.1, 0.15) is 25.3 Å². The number of hydrogen-bond donors (Lipinski definition) is 1. The summed E-state index contributed by atoms with van der Waals surface area (Å²) in [4.78, 5) is 11.6. The smallest absolute Gasteiger partial charge is 0.224 e. The van der Waals surface area contributed by atoms with Gasteiger partial charge in [0, 0.05) is 16.9 Å². The zero-order chi connectivity index (χ0) is 12.7. The number of alkyl halides is 1. The van der Waals surface area contributed by atoms with Gasteiger partial charge < -0.3 is 5.32 Å². The number of hydrogen-bond acceptors (Lipinski definition) is 1. The van der Waals surface area contributed by atoms with Gasteiger partial charge in [0.05, 0.1) is 6.42 Å². The molecular formula is C13H17Cl2NO. The quantitative estimate of drug-likeness (QED) is 0.791. The van der Waals surface area contributed by atoms with E-state index in [2.05, 4.69) is 5.32 Å². The standard InChI is InChI=1S/C13H17Cl2NO/c1-2-11(14)7-8-16-13(17)9-10-3-5-12(15)6-4-10/h3-6,11H,2,7-9H2,1H3,(H,16,17). The van der Waals surface area contributed by atoms with Gasteiger partial charge in [-0.05, 0) is 30.5 Å². The minimum absolute atomic E-state index is 0.0206. The fraction of sp³-hybridized carbons (Fsp3) is 0.462. The van der Waals surface area contributed by atoms with E-state index in [0.29, 0.717) is 18.0 Å². The second-order valence-electron chi connectivity index (χ2n) is 3.95. The molecule has 17 heavy (non-hydrogen) atoms. The zero-order valence-electron chi connectivity index (χ0n) is 9.88. The van der Waals surface area contributed by atoms with Gasteiger partial charge in [0.2, 0.25) is 5.91 Å². The largest absolute Gasteiger partial charge is 0.356 e. The summed E-state index contributed by atoms with van der Waals surface area (Å²) in [5, 5.41) is 3.68. The highest BCUT2D eigenvalue weighted by Gasteiger charge is 2.05. The minimum atomic E-state index is 0.0206. The van der Waals surface area contributed by atoms with Crippen LogP contribution in [0.3, 0.4) is 0 Å². The molecule has 4 heteroatoms. The van der Waals surface area contributed by atoms with E-state index in [4.69, 9.17) is 23.2 Å². The number of amides is 1. The van der Waals surface area contributed by atoms with Crippen LogP contribution >= 0.6 is 23.2 Å². The Kier molecular flexibility index (Phi) is 6.38. The van der Waals surface area contributed by atoms with Crippen molar-refractivity contribution in [1.29, 1.82) is 0 Å². The summed E-state index contributed by atoms with van der Waals surface area (Å²) >= 11 is 11.7. The number of rotatable bonds is 6. The molecule has 1 amide bonds. The van der Waals surface area contributed by atoms with Gasteiger partial charge in [0.15, 0.2) is 0 Å². The maximum atomic E-state index is 11.6. The molecule has 0 fully saturated rings. The summed E-state index contributed by atoms with van der Waals surface area (Å²) in [5.74, 6) is 0.0206. The predicted octanol–water partition coefficient (Wildman–Crippen LogP) is 3.41. The summed E-state index contributed by atoms with van der Waals surface area (Å²) in [6.45, 7) is 2.67. The third-order valence-electron chi connectivity index (χ3n) is 2.50. The van der Waals surface area contributed by atoms with Crippen LogP contribution in [0, 0.1) is 0 Å². The van der Waals surface area contributed by atoms with E-state index in [9.17, 15) is 4.79 Å². The van der Waals surface area contributed by atoms with Gasteiger partial charge in [0.25, 0.3) is 0 Å². The summed E-state index contributed by atoms with van der Waals surface area (Å²) in [6, 6.07) is 7.29. The Labute approximate surface area is 112 Å². The average Bonchev–Trinajstić information content (AvgIpc) is 2.32. The van der Waals surface area contributed by atoms with Crippen molar-refractivity contribution in [3.05, 3.63) is 34.9 Å². The Hall–Kier alpha value is -0.730. The second-order valence-corrected chi connectivity index (χ2v) is 5.00. The fourth-order valence-corrected chi connectivity index (χ4v) is 1.66. The van der Waals surface area contributed by atoms with Crippen LogP contribution in [0.15, 0.2) is 24.3 Å². The first-order chi connectivity index (χ1) is 8.11. The molecule has 0 spiro atoms. The van der Waals surface area contributed by atoms with Gasteiger partial charge in [-0.3, -0.25) is 4.79 Å². The highest BCUT2D eigenvalue weighted by molar-refractivity contribution is 6.30. The van der Waals surface area contributed by atoms with Gasteiger partial charge in [-0.15, -0.1) is 11.6 Å². The van der Waals surface area contributed by atoms with E-state index in [1.165, 1.54) is 0 Å². The molecular weight excluding hydrogens is 257 g/mol. The Morgan fingerprint density at radius 3 is 2.59 bits per heavy atom. The predicted molar refractivity (Wildman–Crippen MR) is 72.7 cm³/mol. The molecule has 0 aliphatic carbocycles. The van der Waals surface area contributed by atoms with E-state index in [-0.39, 0.29) is 11.3 Å². The van der Waals surface area contributed by atoms with Crippen LogP contribution in [0.5, 0.6) is 0 Å². The van der Waals surface area contributed by atoms with Crippen LogP contribution in [-0.4, -0.2) is 17.8 Å². The fourth-order valence-electron chi connectivity index (χ4n) is 1.42. The molecule has 2 nitrogen and oxygen atoms in total. The molecule has 1 rings (SSSR count). The molecule has 0 saturated carbocycles. The molecule has 0 radical (unpaired) electrons. The normalized spacial score (nSPS) is 12.2. The number of benzene rings is 1. The summed E-state index contributed by atoms with van der Waals surface area (Å²) in [7, 11) is 0. The van der Waals surface area contributed by atoms with E-state index in [1.807, 2.05) is 19.1 Å². The highest BCUT2D eigenvalue weighted by atomic mass is 35.5. The molecule has 0 aliphatic heterocycles. The van der Waals surface area contributed by atoms with Crippen molar-refractivity contribution in [3.63, 3.8) is 0 Å². The maximum absolute atomic E-state index is 11.6. The van der Waals surface area contributed by atoms with Crippen molar-refractivity contribution in [2.45, 2.75) is 31.6 Å². The summed E-state index contributed by atoms with van der Waals surface area (Å²) in [5.41, 5.74) is 0.963. The van der Waals surface area contributed by atoms with E-state index < -0.39 is 0 Å². The monoisotopic (exact) mass is 273 g/mol. The van der Waals surface area contributed by atoms with E-state index in [0.717, 1.165) is 18.4 Å². The summed E-state index contributed by atoms with van der Waals surface area (Å²) in [6.07, 6.45) is 2.12.